The molecule has 0 aliphatic carbocycles. The zero-order valence-electron chi connectivity index (χ0n) is 11.9. The number of carbonyl (C=O) groups is 1. The molecule has 0 bridgehead atoms. The van der Waals surface area contributed by atoms with Crippen LogP contribution in [0.15, 0.2) is 0 Å². The number of rotatable bonds is 11. The van der Waals surface area contributed by atoms with Crippen molar-refractivity contribution in [2.45, 2.75) is 64.4 Å². The van der Waals surface area contributed by atoms with Crippen LogP contribution in [0.5, 0.6) is 0 Å². The van der Waals surface area contributed by atoms with Crippen LogP contribution in [-0.2, 0) is 9.53 Å². The second-order valence-electron chi connectivity index (χ2n) is 5.12. The summed E-state index contributed by atoms with van der Waals surface area (Å²) >= 11 is 0. The van der Waals surface area contributed by atoms with E-state index in [-0.39, 0.29) is 19.0 Å². The molecule has 1 unspecified atom stereocenters. The standard InChI is InChI=1S/C13H25NO5/c1-3-4-5-6-7-8-12(15)19-10-9-13(2,16)11-14(17)18/h16H,3-11H2,1-2H3. The average Bonchev–Trinajstić information content (AvgIpc) is 2.26. The fraction of sp³-hybridized carbons (Fsp3) is 0.923. The maximum absolute atomic E-state index is 11.3. The normalized spacial score (nSPS) is 13.8. The van der Waals surface area contributed by atoms with Crippen molar-refractivity contribution >= 4 is 5.97 Å². The van der Waals surface area contributed by atoms with Gasteiger partial charge in [-0.2, -0.15) is 0 Å². The molecular formula is C13H25NO5. The maximum Gasteiger partial charge on any atom is 0.305 e. The summed E-state index contributed by atoms with van der Waals surface area (Å²) in [6.45, 7) is 2.98. The molecule has 0 aromatic heterocycles. The van der Waals surface area contributed by atoms with Crippen LogP contribution in [-0.4, -0.2) is 34.8 Å². The lowest BCUT2D eigenvalue weighted by Gasteiger charge is -2.17. The molecule has 6 nitrogen and oxygen atoms in total. The number of nitrogens with zero attached hydrogens (tertiary/aromatic N) is 1. The average molecular weight is 275 g/mol. The lowest BCUT2D eigenvalue weighted by molar-refractivity contribution is -0.500. The zero-order valence-corrected chi connectivity index (χ0v) is 11.9. The summed E-state index contributed by atoms with van der Waals surface area (Å²) < 4.78 is 4.94. The van der Waals surface area contributed by atoms with E-state index in [1.54, 1.807) is 0 Å². The van der Waals surface area contributed by atoms with Gasteiger partial charge in [-0.3, -0.25) is 14.9 Å². The number of esters is 1. The molecule has 1 atom stereocenters. The van der Waals surface area contributed by atoms with Crippen molar-refractivity contribution in [2.24, 2.45) is 0 Å². The number of hydrogen-bond donors (Lipinski definition) is 1. The predicted octanol–water partition coefficient (Wildman–Crippen LogP) is 2.31. The summed E-state index contributed by atoms with van der Waals surface area (Å²) in [4.78, 5) is 21.0. The minimum atomic E-state index is -1.43. The van der Waals surface area contributed by atoms with Gasteiger partial charge in [-0.15, -0.1) is 0 Å². The molecule has 0 aromatic carbocycles. The molecule has 0 heterocycles. The van der Waals surface area contributed by atoms with Gasteiger partial charge in [-0.1, -0.05) is 32.6 Å². The van der Waals surface area contributed by atoms with Crippen LogP contribution in [0, 0.1) is 10.1 Å². The van der Waals surface area contributed by atoms with Gasteiger partial charge in [-0.25, -0.2) is 0 Å². The molecule has 6 heteroatoms. The van der Waals surface area contributed by atoms with Gasteiger partial charge in [0.25, 0.3) is 0 Å². The lowest BCUT2D eigenvalue weighted by atomic mass is 10.0. The van der Waals surface area contributed by atoms with Crippen molar-refractivity contribution in [3.63, 3.8) is 0 Å². The van der Waals surface area contributed by atoms with Crippen molar-refractivity contribution in [3.05, 3.63) is 10.1 Å². The van der Waals surface area contributed by atoms with Crippen LogP contribution in [0.1, 0.15) is 58.8 Å². The van der Waals surface area contributed by atoms with Crippen molar-refractivity contribution in [2.75, 3.05) is 13.2 Å². The van der Waals surface area contributed by atoms with Gasteiger partial charge >= 0.3 is 5.97 Å². The van der Waals surface area contributed by atoms with Crippen molar-refractivity contribution in [1.29, 1.82) is 0 Å². The molecule has 0 radical (unpaired) electrons. The maximum atomic E-state index is 11.3. The van der Waals surface area contributed by atoms with E-state index in [0.717, 1.165) is 25.7 Å². The Hall–Kier alpha value is -1.17. The van der Waals surface area contributed by atoms with Crippen LogP contribution in [0.25, 0.3) is 0 Å². The molecular weight excluding hydrogens is 250 g/mol. The second kappa shape index (κ2) is 9.72. The Morgan fingerprint density at radius 2 is 1.95 bits per heavy atom. The van der Waals surface area contributed by atoms with E-state index in [4.69, 9.17) is 4.74 Å². The first kappa shape index (κ1) is 17.8. The highest BCUT2D eigenvalue weighted by atomic mass is 16.6. The number of unbranched alkanes of at least 4 members (excludes halogenated alkanes) is 4. The molecule has 1 N–H and O–H groups in total. The highest BCUT2D eigenvalue weighted by molar-refractivity contribution is 5.69. The summed E-state index contributed by atoms with van der Waals surface area (Å²) in [7, 11) is 0. The van der Waals surface area contributed by atoms with Crippen LogP contribution in [0.3, 0.4) is 0 Å². The van der Waals surface area contributed by atoms with Gasteiger partial charge in [0, 0.05) is 17.8 Å². The van der Waals surface area contributed by atoms with Crippen LogP contribution >= 0.6 is 0 Å². The Morgan fingerprint density at radius 1 is 1.32 bits per heavy atom. The van der Waals surface area contributed by atoms with E-state index in [1.807, 2.05) is 0 Å². The van der Waals surface area contributed by atoms with Gasteiger partial charge in [0.1, 0.15) is 5.60 Å². The van der Waals surface area contributed by atoms with Gasteiger partial charge in [0.2, 0.25) is 6.54 Å². The number of hydrogen-bond acceptors (Lipinski definition) is 5. The molecule has 0 aromatic rings. The van der Waals surface area contributed by atoms with Gasteiger partial charge in [0.15, 0.2) is 0 Å². The minimum absolute atomic E-state index is 0.0225. The number of ether oxygens (including phenoxy) is 1. The summed E-state index contributed by atoms with van der Waals surface area (Å²) in [5, 5.41) is 19.9. The highest BCUT2D eigenvalue weighted by Crippen LogP contribution is 2.10. The van der Waals surface area contributed by atoms with Crippen LogP contribution in [0.4, 0.5) is 0 Å². The second-order valence-corrected chi connectivity index (χ2v) is 5.12. The highest BCUT2D eigenvalue weighted by Gasteiger charge is 2.27. The van der Waals surface area contributed by atoms with E-state index in [2.05, 4.69) is 6.92 Å². The van der Waals surface area contributed by atoms with Gasteiger partial charge in [-0.05, 0) is 13.3 Å². The third kappa shape index (κ3) is 11.6. The molecule has 0 saturated carbocycles. The van der Waals surface area contributed by atoms with Crippen molar-refractivity contribution in [1.82, 2.24) is 0 Å². The Kier molecular flexibility index (Phi) is 9.12. The summed E-state index contributed by atoms with van der Waals surface area (Å²) in [5.41, 5.74) is -1.43. The van der Waals surface area contributed by atoms with Crippen molar-refractivity contribution in [3.8, 4) is 0 Å². The Balaban J connectivity index is 3.60. The molecule has 0 aliphatic heterocycles. The van der Waals surface area contributed by atoms with E-state index in [1.165, 1.54) is 13.3 Å². The molecule has 0 fully saturated rings. The number of nitro groups is 1. The molecule has 0 saturated heterocycles. The molecule has 0 amide bonds. The third-order valence-corrected chi connectivity index (χ3v) is 2.86. The summed E-state index contributed by atoms with van der Waals surface area (Å²) in [6, 6.07) is 0. The fourth-order valence-electron chi connectivity index (χ4n) is 1.69. The first-order chi connectivity index (χ1) is 8.87. The van der Waals surface area contributed by atoms with Gasteiger partial charge < -0.3 is 9.84 Å². The van der Waals surface area contributed by atoms with Crippen molar-refractivity contribution < 1.29 is 19.6 Å². The number of aliphatic hydroxyl groups is 1. The third-order valence-electron chi connectivity index (χ3n) is 2.86. The predicted molar refractivity (Wildman–Crippen MR) is 71.4 cm³/mol. The Labute approximate surface area is 114 Å². The topological polar surface area (TPSA) is 89.7 Å². The lowest BCUT2D eigenvalue weighted by Crippen LogP contribution is -2.35. The van der Waals surface area contributed by atoms with E-state index < -0.39 is 17.1 Å². The summed E-state index contributed by atoms with van der Waals surface area (Å²) in [5.74, 6) is -0.298. The van der Waals surface area contributed by atoms with Crippen LogP contribution < -0.4 is 0 Å². The molecule has 0 spiro atoms. The SMILES string of the molecule is CCCCCCCC(=O)OCCC(C)(O)C[N+](=O)[O-]. The summed E-state index contributed by atoms with van der Waals surface area (Å²) in [6.07, 6.45) is 5.75. The first-order valence-corrected chi connectivity index (χ1v) is 6.87. The molecule has 19 heavy (non-hydrogen) atoms. The quantitative estimate of drug-likeness (QED) is 0.270. The van der Waals surface area contributed by atoms with E-state index in [9.17, 15) is 20.0 Å². The zero-order chi connectivity index (χ0) is 14.7. The van der Waals surface area contributed by atoms with E-state index >= 15 is 0 Å². The Morgan fingerprint density at radius 3 is 2.53 bits per heavy atom. The van der Waals surface area contributed by atoms with E-state index in [0.29, 0.717) is 6.42 Å². The van der Waals surface area contributed by atoms with Crippen LogP contribution in [0.2, 0.25) is 0 Å². The first-order valence-electron chi connectivity index (χ1n) is 6.87. The van der Waals surface area contributed by atoms with Gasteiger partial charge in [0.05, 0.1) is 6.61 Å². The Bertz CT molecular complexity index is 278. The smallest absolute Gasteiger partial charge is 0.305 e. The molecule has 0 aliphatic rings. The fourth-order valence-corrected chi connectivity index (χ4v) is 1.69. The molecule has 0 rings (SSSR count). The molecule has 112 valence electrons. The number of carbonyl (C=O) groups excluding carboxylic acids is 1. The monoisotopic (exact) mass is 275 g/mol. The largest absolute Gasteiger partial charge is 0.466 e. The minimum Gasteiger partial charge on any atom is -0.466 e.